The number of likely N-dealkylation sites (N-methyl/N-ethyl adjacent to an activating group) is 1. The Kier molecular flexibility index (Phi) is 4.94. The summed E-state index contributed by atoms with van der Waals surface area (Å²) in [6.07, 6.45) is 0. The maximum Gasteiger partial charge on any atom is 0.238 e. The highest BCUT2D eigenvalue weighted by molar-refractivity contribution is 7.07. The molecular weight excluding hydrogens is 296 g/mol. The van der Waals surface area contributed by atoms with Crippen LogP contribution in [0.3, 0.4) is 0 Å². The number of hydrogen-bond donors (Lipinski definition) is 2. The van der Waals surface area contributed by atoms with Gasteiger partial charge in [0.05, 0.1) is 29.1 Å². The summed E-state index contributed by atoms with van der Waals surface area (Å²) in [7, 11) is 1.87. The highest BCUT2D eigenvalue weighted by atomic mass is 35.5. The van der Waals surface area contributed by atoms with Gasteiger partial charge in [0.1, 0.15) is 0 Å². The third-order valence-corrected chi connectivity index (χ3v) is 3.49. The molecule has 0 atom stereocenters. The first-order valence-electron chi connectivity index (χ1n) is 5.95. The van der Waals surface area contributed by atoms with Crippen LogP contribution < -0.4 is 11.1 Å². The number of aromatic nitrogens is 1. The molecule has 1 heterocycles. The van der Waals surface area contributed by atoms with Gasteiger partial charge in [-0.3, -0.25) is 9.69 Å². The molecule has 0 bridgehead atoms. The van der Waals surface area contributed by atoms with Crippen molar-refractivity contribution in [2.45, 2.75) is 6.54 Å². The molecule has 0 saturated carbocycles. The predicted molar refractivity (Wildman–Crippen MR) is 82.9 cm³/mol. The molecule has 7 heteroatoms. The lowest BCUT2D eigenvalue weighted by Gasteiger charge is -2.15. The van der Waals surface area contributed by atoms with Crippen LogP contribution in [-0.2, 0) is 11.3 Å². The van der Waals surface area contributed by atoms with Crippen molar-refractivity contribution >= 4 is 40.2 Å². The highest BCUT2D eigenvalue weighted by Gasteiger charge is 2.10. The lowest BCUT2D eigenvalue weighted by Crippen LogP contribution is -2.30. The van der Waals surface area contributed by atoms with E-state index >= 15 is 0 Å². The van der Waals surface area contributed by atoms with Crippen molar-refractivity contribution in [2.24, 2.45) is 0 Å². The Morgan fingerprint density at radius 3 is 3.00 bits per heavy atom. The van der Waals surface area contributed by atoms with E-state index in [0.29, 0.717) is 22.9 Å². The van der Waals surface area contributed by atoms with Gasteiger partial charge in [-0.2, -0.15) is 0 Å². The molecule has 1 aromatic heterocycles. The zero-order valence-electron chi connectivity index (χ0n) is 11.0. The van der Waals surface area contributed by atoms with Crippen LogP contribution in [-0.4, -0.2) is 29.4 Å². The minimum absolute atomic E-state index is 0.128. The molecule has 1 amide bonds. The second-order valence-electron chi connectivity index (χ2n) is 4.43. The number of nitrogen functional groups attached to an aromatic ring is 1. The number of nitrogens with two attached hydrogens (primary N) is 1. The van der Waals surface area contributed by atoms with Crippen LogP contribution in [0.5, 0.6) is 0 Å². The number of thiazole rings is 1. The van der Waals surface area contributed by atoms with Crippen LogP contribution in [0.2, 0.25) is 5.02 Å². The van der Waals surface area contributed by atoms with Gasteiger partial charge in [-0.1, -0.05) is 11.6 Å². The second kappa shape index (κ2) is 6.69. The fourth-order valence-electron chi connectivity index (χ4n) is 1.73. The number of carbonyl (C=O) groups is 1. The van der Waals surface area contributed by atoms with E-state index in [1.807, 2.05) is 17.3 Å². The quantitative estimate of drug-likeness (QED) is 0.832. The van der Waals surface area contributed by atoms with Gasteiger partial charge in [0.25, 0.3) is 0 Å². The van der Waals surface area contributed by atoms with Crippen molar-refractivity contribution in [3.63, 3.8) is 0 Å². The number of hydrogen-bond acceptors (Lipinski definition) is 5. The lowest BCUT2D eigenvalue weighted by atomic mass is 10.2. The molecule has 2 aromatic rings. The first-order valence-corrected chi connectivity index (χ1v) is 7.27. The number of halogens is 1. The smallest absolute Gasteiger partial charge is 0.238 e. The van der Waals surface area contributed by atoms with Crippen molar-refractivity contribution in [3.05, 3.63) is 39.8 Å². The standard InChI is InChI=1S/C13H15ClN4OS/c1-18(5-10-7-20-8-16-10)6-13(19)17-12-3-2-9(14)4-11(12)15/h2-4,7-8H,5-6,15H2,1H3,(H,17,19). The largest absolute Gasteiger partial charge is 0.397 e. The summed E-state index contributed by atoms with van der Waals surface area (Å²) in [4.78, 5) is 18.0. The average Bonchev–Trinajstić information content (AvgIpc) is 2.85. The monoisotopic (exact) mass is 310 g/mol. The molecule has 0 unspecified atom stereocenters. The first-order chi connectivity index (χ1) is 9.54. The Morgan fingerprint density at radius 1 is 1.55 bits per heavy atom. The summed E-state index contributed by atoms with van der Waals surface area (Å²) in [6.45, 7) is 0.895. The van der Waals surface area contributed by atoms with E-state index in [9.17, 15) is 4.79 Å². The van der Waals surface area contributed by atoms with Crippen molar-refractivity contribution in [3.8, 4) is 0 Å². The molecule has 0 aliphatic heterocycles. The van der Waals surface area contributed by atoms with E-state index < -0.39 is 0 Å². The summed E-state index contributed by atoms with van der Waals surface area (Å²) in [5, 5.41) is 5.27. The molecule has 0 spiro atoms. The van der Waals surface area contributed by atoms with E-state index in [0.717, 1.165) is 5.69 Å². The molecule has 0 saturated heterocycles. The minimum atomic E-state index is -0.128. The van der Waals surface area contributed by atoms with E-state index in [-0.39, 0.29) is 12.5 Å². The fourth-order valence-corrected chi connectivity index (χ4v) is 2.46. The third kappa shape index (κ3) is 4.19. The van der Waals surface area contributed by atoms with Gasteiger partial charge in [0.15, 0.2) is 0 Å². The molecule has 5 nitrogen and oxygen atoms in total. The molecule has 0 aliphatic rings. The molecule has 0 fully saturated rings. The SMILES string of the molecule is CN(CC(=O)Nc1ccc(Cl)cc1N)Cc1cscn1. The van der Waals surface area contributed by atoms with Crippen molar-refractivity contribution < 1.29 is 4.79 Å². The predicted octanol–water partition coefficient (Wildman–Crippen LogP) is 2.45. The number of anilines is 2. The van der Waals surface area contributed by atoms with Crippen molar-refractivity contribution in [2.75, 3.05) is 24.6 Å². The van der Waals surface area contributed by atoms with Crippen molar-refractivity contribution in [1.29, 1.82) is 0 Å². The molecule has 20 heavy (non-hydrogen) atoms. The van der Waals surface area contributed by atoms with Gasteiger partial charge in [0.2, 0.25) is 5.91 Å². The summed E-state index contributed by atoms with van der Waals surface area (Å²) < 4.78 is 0. The van der Waals surface area contributed by atoms with Crippen LogP contribution >= 0.6 is 22.9 Å². The van der Waals surface area contributed by atoms with Gasteiger partial charge >= 0.3 is 0 Å². The number of carbonyl (C=O) groups excluding carboxylic acids is 1. The van der Waals surface area contributed by atoms with Crippen LogP contribution in [0, 0.1) is 0 Å². The van der Waals surface area contributed by atoms with Gasteiger partial charge < -0.3 is 11.1 Å². The van der Waals surface area contributed by atoms with Crippen LogP contribution in [0.15, 0.2) is 29.1 Å². The summed E-state index contributed by atoms with van der Waals surface area (Å²) in [5.41, 5.74) is 9.54. The maximum atomic E-state index is 11.9. The zero-order valence-corrected chi connectivity index (χ0v) is 12.5. The van der Waals surface area contributed by atoms with E-state index in [4.69, 9.17) is 17.3 Å². The summed E-state index contributed by atoms with van der Waals surface area (Å²) >= 11 is 7.35. The normalized spacial score (nSPS) is 10.8. The molecule has 2 rings (SSSR count). The summed E-state index contributed by atoms with van der Waals surface area (Å²) in [6, 6.07) is 4.98. The molecule has 106 valence electrons. The van der Waals surface area contributed by atoms with Gasteiger partial charge in [0, 0.05) is 16.9 Å². The number of rotatable bonds is 5. The minimum Gasteiger partial charge on any atom is -0.397 e. The van der Waals surface area contributed by atoms with Crippen LogP contribution in [0.1, 0.15) is 5.69 Å². The van der Waals surface area contributed by atoms with Gasteiger partial charge in [-0.25, -0.2) is 4.98 Å². The number of nitrogens with one attached hydrogen (secondary N) is 1. The zero-order chi connectivity index (χ0) is 14.5. The number of amides is 1. The molecule has 3 N–H and O–H groups in total. The Balaban J connectivity index is 1.88. The van der Waals surface area contributed by atoms with E-state index in [1.165, 1.54) is 11.3 Å². The van der Waals surface area contributed by atoms with Crippen LogP contribution in [0.25, 0.3) is 0 Å². The van der Waals surface area contributed by atoms with Crippen LogP contribution in [0.4, 0.5) is 11.4 Å². The second-order valence-corrected chi connectivity index (χ2v) is 5.59. The fraction of sp³-hybridized carbons (Fsp3) is 0.231. The van der Waals surface area contributed by atoms with E-state index in [2.05, 4.69) is 10.3 Å². The highest BCUT2D eigenvalue weighted by Crippen LogP contribution is 2.22. The maximum absolute atomic E-state index is 11.9. The molecule has 0 radical (unpaired) electrons. The van der Waals surface area contributed by atoms with Gasteiger partial charge in [-0.15, -0.1) is 11.3 Å². The van der Waals surface area contributed by atoms with E-state index in [1.54, 1.807) is 23.7 Å². The Morgan fingerprint density at radius 2 is 2.35 bits per heavy atom. The average molecular weight is 311 g/mol. The molecule has 1 aromatic carbocycles. The number of nitrogens with zero attached hydrogens (tertiary/aromatic N) is 2. The number of benzene rings is 1. The topological polar surface area (TPSA) is 71.2 Å². The Labute approximate surface area is 126 Å². The van der Waals surface area contributed by atoms with Gasteiger partial charge in [-0.05, 0) is 25.2 Å². The van der Waals surface area contributed by atoms with Crippen molar-refractivity contribution in [1.82, 2.24) is 9.88 Å². The molecular formula is C13H15ClN4OS. The summed E-state index contributed by atoms with van der Waals surface area (Å²) in [5.74, 6) is -0.128. The lowest BCUT2D eigenvalue weighted by molar-refractivity contribution is -0.117. The molecule has 0 aliphatic carbocycles. The Hall–Kier alpha value is -1.63. The first kappa shape index (κ1) is 14.8. The Bertz CT molecular complexity index is 588. The third-order valence-electron chi connectivity index (χ3n) is 2.62.